The highest BCUT2D eigenvalue weighted by Crippen LogP contribution is 2.37. The zero-order valence-corrected chi connectivity index (χ0v) is 7.68. The van der Waals surface area contributed by atoms with Crippen LogP contribution in [0.4, 0.5) is 26.3 Å². The monoisotopic (exact) mass is 220 g/mol. The Hall–Kier alpha value is -0.680. The molecule has 0 aromatic carbocycles. The molecule has 0 rings (SSSR count). The second kappa shape index (κ2) is 4.23. The predicted octanol–water partition coefficient (Wildman–Crippen LogP) is 4.23. The van der Waals surface area contributed by atoms with Crippen LogP contribution in [0.3, 0.4) is 0 Å². The zero-order valence-electron chi connectivity index (χ0n) is 7.68. The Kier molecular flexibility index (Phi) is 4.02. The van der Waals surface area contributed by atoms with E-state index in [1.54, 1.807) is 0 Å². The van der Waals surface area contributed by atoms with Gasteiger partial charge in [0, 0.05) is 11.1 Å². The van der Waals surface area contributed by atoms with Crippen LogP contribution in [-0.2, 0) is 0 Å². The largest absolute Gasteiger partial charge is 0.412 e. The third-order valence-corrected chi connectivity index (χ3v) is 1.72. The van der Waals surface area contributed by atoms with Gasteiger partial charge in [-0.2, -0.15) is 26.3 Å². The van der Waals surface area contributed by atoms with Crippen molar-refractivity contribution in [3.8, 4) is 0 Å². The molecule has 0 atom stereocenters. The van der Waals surface area contributed by atoms with Gasteiger partial charge in [0.2, 0.25) is 0 Å². The van der Waals surface area contributed by atoms with Gasteiger partial charge in [0.15, 0.2) is 0 Å². The number of halogens is 6. The Balaban J connectivity index is 5.17. The van der Waals surface area contributed by atoms with Gasteiger partial charge < -0.3 is 0 Å². The molecule has 0 fully saturated rings. The molecule has 0 aliphatic carbocycles. The van der Waals surface area contributed by atoms with Crippen molar-refractivity contribution in [1.29, 1.82) is 0 Å². The second-order valence-corrected chi connectivity index (χ2v) is 2.85. The summed E-state index contributed by atoms with van der Waals surface area (Å²) in [5, 5.41) is 0. The summed E-state index contributed by atoms with van der Waals surface area (Å²) in [6.07, 6.45) is -10.4. The molecule has 0 nitrogen and oxygen atoms in total. The molecule has 14 heavy (non-hydrogen) atoms. The van der Waals surface area contributed by atoms with Crippen molar-refractivity contribution in [2.45, 2.75) is 39.0 Å². The maximum absolute atomic E-state index is 12.1. The van der Waals surface area contributed by atoms with E-state index in [0.29, 0.717) is 6.92 Å². The zero-order chi connectivity index (χ0) is 11.6. The summed E-state index contributed by atoms with van der Waals surface area (Å²) in [6.45, 7) is 1.86. The van der Waals surface area contributed by atoms with Crippen LogP contribution in [0, 0.1) is 0 Å². The molecule has 0 saturated carbocycles. The molecule has 0 saturated heterocycles. The Bertz CT molecular complexity index is 219. The van der Waals surface area contributed by atoms with E-state index >= 15 is 0 Å². The molecular weight excluding hydrogens is 210 g/mol. The molecular formula is C8H10F6. The van der Waals surface area contributed by atoms with Gasteiger partial charge in [-0.3, -0.25) is 0 Å². The van der Waals surface area contributed by atoms with Crippen LogP contribution >= 0.6 is 0 Å². The summed E-state index contributed by atoms with van der Waals surface area (Å²) >= 11 is 0. The number of rotatable bonds is 2. The van der Waals surface area contributed by atoms with Crippen molar-refractivity contribution in [1.82, 2.24) is 0 Å². The van der Waals surface area contributed by atoms with Crippen molar-refractivity contribution in [3.63, 3.8) is 0 Å². The van der Waals surface area contributed by atoms with E-state index in [4.69, 9.17) is 0 Å². The van der Waals surface area contributed by atoms with Crippen molar-refractivity contribution < 1.29 is 26.3 Å². The van der Waals surface area contributed by atoms with Crippen molar-refractivity contribution in [2.24, 2.45) is 0 Å². The van der Waals surface area contributed by atoms with E-state index in [0.717, 1.165) is 0 Å². The van der Waals surface area contributed by atoms with E-state index in [1.807, 2.05) is 0 Å². The van der Waals surface area contributed by atoms with Crippen molar-refractivity contribution in [2.75, 3.05) is 0 Å². The van der Waals surface area contributed by atoms with Crippen LogP contribution in [0.1, 0.15) is 26.7 Å². The van der Waals surface area contributed by atoms with Gasteiger partial charge >= 0.3 is 12.4 Å². The van der Waals surface area contributed by atoms with Crippen molar-refractivity contribution >= 4 is 0 Å². The van der Waals surface area contributed by atoms with E-state index in [9.17, 15) is 26.3 Å². The first-order chi connectivity index (χ1) is 6.10. The number of hydrogen-bond acceptors (Lipinski definition) is 0. The fourth-order valence-electron chi connectivity index (χ4n) is 0.963. The molecule has 0 aliphatic heterocycles. The fourth-order valence-corrected chi connectivity index (χ4v) is 0.963. The van der Waals surface area contributed by atoms with Crippen molar-refractivity contribution in [3.05, 3.63) is 11.1 Å². The Labute approximate surface area is 77.6 Å². The third kappa shape index (κ3) is 3.59. The van der Waals surface area contributed by atoms with Crippen LogP contribution in [0.15, 0.2) is 11.1 Å². The van der Waals surface area contributed by atoms with Gasteiger partial charge in [0.05, 0.1) is 0 Å². The van der Waals surface area contributed by atoms with E-state index < -0.39 is 29.9 Å². The lowest BCUT2D eigenvalue weighted by Gasteiger charge is -2.16. The number of allylic oxidation sites excluding steroid dienone is 2. The molecule has 0 amide bonds. The molecule has 0 aromatic heterocycles. The lowest BCUT2D eigenvalue weighted by atomic mass is 10.0. The molecule has 6 heteroatoms. The van der Waals surface area contributed by atoms with Crippen LogP contribution in [-0.4, -0.2) is 12.4 Å². The second-order valence-electron chi connectivity index (χ2n) is 2.85. The molecule has 0 bridgehead atoms. The Morgan fingerprint density at radius 3 is 1.57 bits per heavy atom. The minimum atomic E-state index is -4.90. The minimum absolute atomic E-state index is 0.0300. The highest BCUT2D eigenvalue weighted by Gasteiger charge is 2.42. The van der Waals surface area contributed by atoms with Gasteiger partial charge in [-0.05, 0) is 13.3 Å². The highest BCUT2D eigenvalue weighted by atomic mass is 19.4. The maximum atomic E-state index is 12.1. The SMILES string of the molecule is CCCC(=C(C)C(F)(F)F)C(F)(F)F. The molecule has 0 aromatic rings. The van der Waals surface area contributed by atoms with Crippen LogP contribution in [0.25, 0.3) is 0 Å². The summed E-state index contributed by atoms with van der Waals surface area (Å²) in [5.74, 6) is 0. The summed E-state index contributed by atoms with van der Waals surface area (Å²) in [4.78, 5) is 0. The topological polar surface area (TPSA) is 0 Å². The Morgan fingerprint density at radius 1 is 0.929 bits per heavy atom. The maximum Gasteiger partial charge on any atom is 0.412 e. The fraction of sp³-hybridized carbons (Fsp3) is 0.750. The van der Waals surface area contributed by atoms with Gasteiger partial charge in [-0.15, -0.1) is 0 Å². The van der Waals surface area contributed by atoms with Gasteiger partial charge in [0.1, 0.15) is 0 Å². The quantitative estimate of drug-likeness (QED) is 0.482. The summed E-state index contributed by atoms with van der Waals surface area (Å²) in [7, 11) is 0. The lowest BCUT2D eigenvalue weighted by Crippen LogP contribution is -2.20. The first kappa shape index (κ1) is 13.3. The smallest absolute Gasteiger partial charge is 0.166 e. The van der Waals surface area contributed by atoms with E-state index in [1.165, 1.54) is 6.92 Å². The Morgan fingerprint density at radius 2 is 1.36 bits per heavy atom. The first-order valence-electron chi connectivity index (χ1n) is 3.94. The van der Waals surface area contributed by atoms with Crippen LogP contribution < -0.4 is 0 Å². The summed E-state index contributed by atoms with van der Waals surface area (Å²) in [5.41, 5.74) is -3.03. The average molecular weight is 220 g/mol. The van der Waals surface area contributed by atoms with E-state index in [-0.39, 0.29) is 6.42 Å². The number of alkyl halides is 6. The average Bonchev–Trinajstić information content (AvgIpc) is 1.94. The molecule has 0 unspecified atom stereocenters. The van der Waals surface area contributed by atoms with Gasteiger partial charge in [-0.25, -0.2) is 0 Å². The van der Waals surface area contributed by atoms with Gasteiger partial charge in [-0.1, -0.05) is 13.3 Å². The molecule has 84 valence electrons. The molecule has 0 N–H and O–H groups in total. The third-order valence-electron chi connectivity index (χ3n) is 1.72. The van der Waals surface area contributed by atoms with E-state index in [2.05, 4.69) is 0 Å². The van der Waals surface area contributed by atoms with Crippen LogP contribution in [0.2, 0.25) is 0 Å². The molecule has 0 radical (unpaired) electrons. The van der Waals surface area contributed by atoms with Gasteiger partial charge in [0.25, 0.3) is 0 Å². The molecule has 0 spiro atoms. The molecule has 0 aliphatic rings. The standard InChI is InChI=1S/C8H10F6/c1-3-4-6(8(12,13)14)5(2)7(9,10)11/h3-4H2,1-2H3. The highest BCUT2D eigenvalue weighted by molar-refractivity contribution is 5.21. The summed E-state index contributed by atoms with van der Waals surface area (Å²) in [6, 6.07) is 0. The summed E-state index contributed by atoms with van der Waals surface area (Å²) < 4.78 is 72.4. The molecule has 0 heterocycles. The normalized spacial score (nSPS) is 15.4. The minimum Gasteiger partial charge on any atom is -0.166 e. The predicted molar refractivity (Wildman–Crippen MR) is 39.7 cm³/mol. The number of hydrogen-bond donors (Lipinski definition) is 0. The van der Waals surface area contributed by atoms with Crippen LogP contribution in [0.5, 0.6) is 0 Å². The first-order valence-corrected chi connectivity index (χ1v) is 3.94. The lowest BCUT2D eigenvalue weighted by molar-refractivity contribution is -0.116.